The van der Waals surface area contributed by atoms with Crippen LogP contribution in [0, 0.1) is 0 Å². The van der Waals surface area contributed by atoms with Gasteiger partial charge in [0, 0.05) is 11.4 Å². The molecule has 2 amide bonds. The molecule has 3 rings (SSSR count). The Bertz CT molecular complexity index is 856. The van der Waals surface area contributed by atoms with Crippen LogP contribution in [0.4, 0.5) is 5.69 Å². The average molecular weight is 405 g/mol. The number of carbonyl (C=O) groups is 4. The summed E-state index contributed by atoms with van der Waals surface area (Å²) in [6.07, 6.45) is -0.212. The molecule has 3 N–H and O–H groups in total. The summed E-state index contributed by atoms with van der Waals surface area (Å²) in [7, 11) is 1.21. The van der Waals surface area contributed by atoms with Crippen LogP contribution in [0.1, 0.15) is 6.42 Å². The normalized spacial score (nSPS) is 20.9. The number of carboxylic acid groups (broad SMARTS) is 1. The Balaban J connectivity index is 1.95. The first kappa shape index (κ1) is 19.9. The van der Waals surface area contributed by atoms with E-state index >= 15 is 0 Å². The van der Waals surface area contributed by atoms with E-state index < -0.39 is 35.2 Å². The molecule has 2 aliphatic rings. The molecule has 0 aliphatic carbocycles. The Kier molecular flexibility index (Phi) is 5.71. The number of hydrogen-bond acceptors (Lipinski definition) is 7. The van der Waals surface area contributed by atoms with Crippen LogP contribution in [0.2, 0.25) is 0 Å². The minimum absolute atomic E-state index is 0.212. The Morgan fingerprint density at radius 2 is 2.00 bits per heavy atom. The molecule has 2 aliphatic heterocycles. The van der Waals surface area contributed by atoms with Crippen LogP contribution < -0.4 is 10.6 Å². The number of fused-ring (bicyclic) bond motifs is 1. The van der Waals surface area contributed by atoms with E-state index in [2.05, 4.69) is 4.74 Å². The van der Waals surface area contributed by atoms with Crippen LogP contribution in [-0.4, -0.2) is 64.6 Å². The summed E-state index contributed by atoms with van der Waals surface area (Å²) in [5.74, 6) is -2.61. The fraction of sp³-hybridized carbons (Fsp3) is 0.333. The van der Waals surface area contributed by atoms with Gasteiger partial charge in [0.25, 0.3) is 5.91 Å². The second kappa shape index (κ2) is 8.03. The zero-order valence-corrected chi connectivity index (χ0v) is 15.8. The second-order valence-electron chi connectivity index (χ2n) is 6.17. The van der Waals surface area contributed by atoms with Crippen LogP contribution in [-0.2, 0) is 23.9 Å². The summed E-state index contributed by atoms with van der Waals surface area (Å²) < 4.78 is 4.61. The third-order valence-electron chi connectivity index (χ3n) is 4.56. The van der Waals surface area contributed by atoms with E-state index in [0.29, 0.717) is 11.3 Å². The van der Waals surface area contributed by atoms with Crippen molar-refractivity contribution in [3.05, 3.63) is 41.6 Å². The molecule has 0 spiro atoms. The third kappa shape index (κ3) is 3.36. The summed E-state index contributed by atoms with van der Waals surface area (Å²) in [5, 5.41) is 9.04. The van der Waals surface area contributed by atoms with Gasteiger partial charge in [-0.25, -0.2) is 4.79 Å². The van der Waals surface area contributed by atoms with Crippen molar-refractivity contribution in [3.8, 4) is 0 Å². The van der Waals surface area contributed by atoms with Gasteiger partial charge in [-0.15, -0.1) is 11.8 Å². The van der Waals surface area contributed by atoms with E-state index in [1.165, 1.54) is 23.8 Å². The van der Waals surface area contributed by atoms with Gasteiger partial charge in [-0.05, 0) is 17.7 Å². The molecule has 0 unspecified atom stereocenters. The molecule has 0 saturated carbocycles. The summed E-state index contributed by atoms with van der Waals surface area (Å²) in [6, 6.07) is 7.76. The van der Waals surface area contributed by atoms with Crippen molar-refractivity contribution in [3.63, 3.8) is 0 Å². The Morgan fingerprint density at radius 1 is 1.32 bits per heavy atom. The number of benzene rings is 1. The van der Waals surface area contributed by atoms with Crippen LogP contribution in [0.15, 0.2) is 41.6 Å². The SMILES string of the molecule is COC(=O)CC1=C(C(=O)O)N2C(=O)[C@@H](N(C(=O)CN)c3ccccc3)[C@@H]2SC1. The molecule has 1 aromatic rings. The van der Waals surface area contributed by atoms with Crippen molar-refractivity contribution in [2.75, 3.05) is 24.3 Å². The quantitative estimate of drug-likeness (QED) is 0.506. The molecule has 0 radical (unpaired) electrons. The number of β-lactam (4-membered cyclic amide) rings is 1. The maximum atomic E-state index is 12.9. The van der Waals surface area contributed by atoms with Crippen molar-refractivity contribution in [1.29, 1.82) is 0 Å². The summed E-state index contributed by atoms with van der Waals surface area (Å²) in [4.78, 5) is 51.2. The van der Waals surface area contributed by atoms with Crippen LogP contribution >= 0.6 is 11.8 Å². The molecule has 10 heteroatoms. The standard InChI is InChI=1S/C18H19N3O6S/c1-27-13(23)7-10-9-28-17-15(16(24)21(17)14(10)18(25)26)20(12(22)8-19)11-5-3-2-4-6-11/h2-6,15,17H,7-9,19H2,1H3,(H,25,26)/t15-,17+/m1/s1. The minimum Gasteiger partial charge on any atom is -0.477 e. The molecule has 2 atom stereocenters. The number of rotatable bonds is 6. The van der Waals surface area contributed by atoms with E-state index in [4.69, 9.17) is 5.73 Å². The lowest BCUT2D eigenvalue weighted by molar-refractivity contribution is -0.149. The number of carboxylic acids is 1. The molecule has 1 saturated heterocycles. The van der Waals surface area contributed by atoms with E-state index in [-0.39, 0.29) is 24.4 Å². The third-order valence-corrected chi connectivity index (χ3v) is 5.89. The fourth-order valence-electron chi connectivity index (χ4n) is 3.30. The Morgan fingerprint density at radius 3 is 2.57 bits per heavy atom. The van der Waals surface area contributed by atoms with Crippen LogP contribution in [0.25, 0.3) is 0 Å². The van der Waals surface area contributed by atoms with Gasteiger partial charge in [-0.3, -0.25) is 24.2 Å². The Labute approximate surface area is 165 Å². The molecule has 0 aromatic heterocycles. The number of hydrogen-bond donors (Lipinski definition) is 2. The van der Waals surface area contributed by atoms with Gasteiger partial charge in [0.2, 0.25) is 5.91 Å². The number of thioether (sulfide) groups is 1. The molecular weight excluding hydrogens is 386 g/mol. The molecule has 148 valence electrons. The lowest BCUT2D eigenvalue weighted by Crippen LogP contribution is -2.72. The predicted octanol–water partition coefficient (Wildman–Crippen LogP) is 0.164. The number of amides is 2. The molecule has 28 heavy (non-hydrogen) atoms. The lowest BCUT2D eigenvalue weighted by Gasteiger charge is -2.52. The second-order valence-corrected chi connectivity index (χ2v) is 7.27. The molecular formula is C18H19N3O6S. The first-order chi connectivity index (χ1) is 13.4. The molecule has 9 nitrogen and oxygen atoms in total. The summed E-state index contributed by atoms with van der Waals surface area (Å²) >= 11 is 1.30. The van der Waals surface area contributed by atoms with Gasteiger partial charge in [0.05, 0.1) is 20.1 Å². The first-order valence-corrected chi connectivity index (χ1v) is 9.49. The van der Waals surface area contributed by atoms with Crippen LogP contribution in [0.3, 0.4) is 0 Å². The smallest absolute Gasteiger partial charge is 0.352 e. The van der Waals surface area contributed by atoms with Crippen LogP contribution in [0.5, 0.6) is 0 Å². The van der Waals surface area contributed by atoms with Crippen molar-refractivity contribution >= 4 is 41.2 Å². The highest BCUT2D eigenvalue weighted by atomic mass is 32.2. The van der Waals surface area contributed by atoms with Gasteiger partial charge in [0.15, 0.2) is 0 Å². The largest absolute Gasteiger partial charge is 0.477 e. The first-order valence-electron chi connectivity index (χ1n) is 8.44. The number of nitrogens with two attached hydrogens (primary N) is 1. The van der Waals surface area contributed by atoms with Crippen molar-refractivity contribution in [2.24, 2.45) is 5.73 Å². The zero-order chi connectivity index (χ0) is 20.4. The summed E-state index contributed by atoms with van der Waals surface area (Å²) in [5.41, 5.74) is 6.13. The molecule has 1 fully saturated rings. The van der Waals surface area contributed by atoms with E-state index in [9.17, 15) is 24.3 Å². The van der Waals surface area contributed by atoms with Crippen molar-refractivity contribution in [1.82, 2.24) is 4.90 Å². The highest BCUT2D eigenvalue weighted by molar-refractivity contribution is 8.00. The number of nitrogens with zero attached hydrogens (tertiary/aromatic N) is 2. The van der Waals surface area contributed by atoms with Gasteiger partial charge in [-0.1, -0.05) is 18.2 Å². The maximum absolute atomic E-state index is 12.9. The number of carbonyl (C=O) groups excluding carboxylic acids is 3. The molecule has 2 heterocycles. The number of ether oxygens (including phenoxy) is 1. The fourth-order valence-corrected chi connectivity index (χ4v) is 4.69. The number of methoxy groups -OCH3 is 1. The number of esters is 1. The van der Waals surface area contributed by atoms with Gasteiger partial charge in [0.1, 0.15) is 17.1 Å². The summed E-state index contributed by atoms with van der Waals surface area (Å²) in [6.45, 7) is -0.286. The minimum atomic E-state index is -1.30. The number of aliphatic carboxylic acids is 1. The monoisotopic (exact) mass is 405 g/mol. The highest BCUT2D eigenvalue weighted by Crippen LogP contribution is 2.44. The Hall–Kier alpha value is -2.85. The topological polar surface area (TPSA) is 130 Å². The lowest BCUT2D eigenvalue weighted by atomic mass is 9.99. The van der Waals surface area contributed by atoms with Crippen molar-refractivity contribution in [2.45, 2.75) is 17.8 Å². The number of para-hydroxylation sites is 1. The van der Waals surface area contributed by atoms with Gasteiger partial charge in [-0.2, -0.15) is 0 Å². The van der Waals surface area contributed by atoms with E-state index in [1.807, 2.05) is 0 Å². The van der Waals surface area contributed by atoms with E-state index in [0.717, 1.165) is 4.90 Å². The molecule has 0 bridgehead atoms. The van der Waals surface area contributed by atoms with E-state index in [1.54, 1.807) is 30.3 Å². The maximum Gasteiger partial charge on any atom is 0.352 e. The average Bonchev–Trinajstić information content (AvgIpc) is 2.71. The van der Waals surface area contributed by atoms with Gasteiger partial charge < -0.3 is 15.6 Å². The number of anilines is 1. The van der Waals surface area contributed by atoms with Gasteiger partial charge >= 0.3 is 11.9 Å². The van der Waals surface area contributed by atoms with Crippen molar-refractivity contribution < 1.29 is 29.0 Å². The predicted molar refractivity (Wildman–Crippen MR) is 101 cm³/mol. The zero-order valence-electron chi connectivity index (χ0n) is 15.0. The highest BCUT2D eigenvalue weighted by Gasteiger charge is 2.57. The molecule has 1 aromatic carbocycles.